The molecular formula is C18H19NO6. The van der Waals surface area contributed by atoms with Gasteiger partial charge in [-0.15, -0.1) is 0 Å². The molecule has 7 heteroatoms. The molecule has 1 aromatic heterocycles. The molecule has 3 heterocycles. The van der Waals surface area contributed by atoms with Gasteiger partial charge in [-0.05, 0) is 26.0 Å². The first kappa shape index (κ1) is 15.8. The van der Waals surface area contributed by atoms with Crippen molar-refractivity contribution < 1.29 is 28.5 Å². The van der Waals surface area contributed by atoms with Gasteiger partial charge in [-0.2, -0.15) is 0 Å². The van der Waals surface area contributed by atoms with Crippen molar-refractivity contribution in [2.24, 2.45) is 0 Å². The van der Waals surface area contributed by atoms with E-state index in [1.54, 1.807) is 7.11 Å². The average Bonchev–Trinajstić information content (AvgIpc) is 3.17. The van der Waals surface area contributed by atoms with Gasteiger partial charge in [0.2, 0.25) is 12.7 Å². The predicted octanol–water partition coefficient (Wildman–Crippen LogP) is 2.62. The van der Waals surface area contributed by atoms with Crippen LogP contribution in [0.4, 0.5) is 0 Å². The van der Waals surface area contributed by atoms with E-state index in [9.17, 15) is 4.79 Å². The third-order valence-electron chi connectivity index (χ3n) is 4.53. The molecule has 0 spiro atoms. The second kappa shape index (κ2) is 5.40. The molecule has 0 radical (unpaired) electrons. The van der Waals surface area contributed by atoms with E-state index in [1.807, 2.05) is 26.0 Å². The maximum Gasteiger partial charge on any atom is 0.303 e. The van der Waals surface area contributed by atoms with Crippen LogP contribution in [0.3, 0.4) is 0 Å². The van der Waals surface area contributed by atoms with Crippen molar-refractivity contribution in [3.8, 4) is 23.1 Å². The van der Waals surface area contributed by atoms with Crippen molar-refractivity contribution >= 4 is 16.9 Å². The maximum atomic E-state index is 11.4. The molecule has 2 aliphatic rings. The zero-order chi connectivity index (χ0) is 17.8. The highest BCUT2D eigenvalue weighted by Crippen LogP contribution is 2.47. The number of nitrogens with zero attached hydrogens (tertiary/aromatic N) is 1. The Labute approximate surface area is 144 Å². The number of hydrogen-bond donors (Lipinski definition) is 0. The van der Waals surface area contributed by atoms with E-state index < -0.39 is 5.60 Å². The molecule has 4 rings (SSSR count). The van der Waals surface area contributed by atoms with Gasteiger partial charge in [0.15, 0.2) is 11.5 Å². The standard InChI is InChI=1S/C18H19NO6/c1-9(20)25-18(2,3)13-7-11-15(21-4)10-5-6-12-16(23-8-22-12)14(10)19-17(11)24-13/h5-6,13H,7-8H2,1-4H3/t13-/m1/s1. The highest BCUT2D eigenvalue weighted by Gasteiger charge is 2.42. The molecular weight excluding hydrogens is 326 g/mol. The molecule has 1 aromatic carbocycles. The number of aromatic nitrogens is 1. The predicted molar refractivity (Wildman–Crippen MR) is 88.4 cm³/mol. The second-order valence-corrected chi connectivity index (χ2v) is 6.63. The van der Waals surface area contributed by atoms with Crippen molar-refractivity contribution in [1.82, 2.24) is 4.98 Å². The van der Waals surface area contributed by atoms with Crippen LogP contribution in [0.2, 0.25) is 0 Å². The van der Waals surface area contributed by atoms with E-state index in [-0.39, 0.29) is 18.9 Å². The molecule has 1 atom stereocenters. The van der Waals surface area contributed by atoms with Crippen LogP contribution in [0, 0.1) is 0 Å². The summed E-state index contributed by atoms with van der Waals surface area (Å²) < 4.78 is 28.1. The Bertz CT molecular complexity index is 876. The van der Waals surface area contributed by atoms with E-state index in [1.165, 1.54) is 6.92 Å². The molecule has 0 saturated heterocycles. The summed E-state index contributed by atoms with van der Waals surface area (Å²) in [7, 11) is 1.62. The van der Waals surface area contributed by atoms with Gasteiger partial charge in [0.1, 0.15) is 23.0 Å². The monoisotopic (exact) mass is 345 g/mol. The average molecular weight is 345 g/mol. The summed E-state index contributed by atoms with van der Waals surface area (Å²) in [5, 5.41) is 0.833. The SMILES string of the molecule is COc1c2c(nc3c4c(ccc13)OCO4)O[C@@H](C(C)(C)OC(C)=O)C2. The topological polar surface area (TPSA) is 76.1 Å². The van der Waals surface area contributed by atoms with Crippen molar-refractivity contribution in [2.45, 2.75) is 38.9 Å². The second-order valence-electron chi connectivity index (χ2n) is 6.63. The quantitative estimate of drug-likeness (QED) is 0.792. The molecule has 0 unspecified atom stereocenters. The summed E-state index contributed by atoms with van der Waals surface area (Å²) in [5.74, 6) is 2.05. The van der Waals surface area contributed by atoms with E-state index in [0.717, 1.165) is 10.9 Å². The Morgan fingerprint density at radius 2 is 2.12 bits per heavy atom. The number of carbonyl (C=O) groups excluding carboxylic acids is 1. The van der Waals surface area contributed by atoms with E-state index >= 15 is 0 Å². The van der Waals surface area contributed by atoms with Crippen LogP contribution >= 0.6 is 0 Å². The lowest BCUT2D eigenvalue weighted by molar-refractivity contribution is -0.161. The minimum absolute atomic E-state index is 0.165. The smallest absolute Gasteiger partial charge is 0.303 e. The third kappa shape index (κ3) is 2.42. The zero-order valence-corrected chi connectivity index (χ0v) is 14.5. The number of carbonyl (C=O) groups is 1. The highest BCUT2D eigenvalue weighted by molar-refractivity contribution is 5.94. The van der Waals surface area contributed by atoms with Crippen molar-refractivity contribution in [2.75, 3.05) is 13.9 Å². The Morgan fingerprint density at radius 3 is 2.84 bits per heavy atom. The lowest BCUT2D eigenvalue weighted by Gasteiger charge is -2.29. The highest BCUT2D eigenvalue weighted by atomic mass is 16.7. The van der Waals surface area contributed by atoms with Crippen LogP contribution < -0.4 is 18.9 Å². The molecule has 0 bridgehead atoms. The Balaban J connectivity index is 1.81. The fourth-order valence-corrected chi connectivity index (χ4v) is 3.38. The normalized spacial score (nSPS) is 18.0. The molecule has 2 aliphatic heterocycles. The first-order chi connectivity index (χ1) is 11.9. The van der Waals surface area contributed by atoms with Crippen molar-refractivity contribution in [3.05, 3.63) is 17.7 Å². The van der Waals surface area contributed by atoms with Gasteiger partial charge in [-0.1, -0.05) is 0 Å². The van der Waals surface area contributed by atoms with Crippen LogP contribution in [0.1, 0.15) is 26.3 Å². The maximum absolute atomic E-state index is 11.4. The minimum Gasteiger partial charge on any atom is -0.496 e. The summed E-state index contributed by atoms with van der Waals surface area (Å²) in [4.78, 5) is 16.0. The van der Waals surface area contributed by atoms with Gasteiger partial charge in [0, 0.05) is 18.7 Å². The Morgan fingerprint density at radius 1 is 1.32 bits per heavy atom. The first-order valence-corrected chi connectivity index (χ1v) is 8.06. The molecule has 0 saturated carbocycles. The first-order valence-electron chi connectivity index (χ1n) is 8.06. The van der Waals surface area contributed by atoms with Gasteiger partial charge < -0.3 is 23.7 Å². The number of ether oxygens (including phenoxy) is 5. The van der Waals surface area contributed by atoms with Gasteiger partial charge in [-0.3, -0.25) is 4.79 Å². The van der Waals surface area contributed by atoms with E-state index in [4.69, 9.17) is 23.7 Å². The minimum atomic E-state index is -0.786. The molecule has 7 nitrogen and oxygen atoms in total. The number of fused-ring (bicyclic) bond motifs is 4. The van der Waals surface area contributed by atoms with Gasteiger partial charge in [-0.25, -0.2) is 4.98 Å². The van der Waals surface area contributed by atoms with Crippen LogP contribution in [0.5, 0.6) is 23.1 Å². The molecule has 0 fully saturated rings. The summed E-state index contributed by atoms with van der Waals surface area (Å²) >= 11 is 0. The summed E-state index contributed by atoms with van der Waals surface area (Å²) in [6.45, 7) is 5.20. The lowest BCUT2D eigenvalue weighted by atomic mass is 9.96. The molecule has 132 valence electrons. The molecule has 0 amide bonds. The number of hydrogen-bond acceptors (Lipinski definition) is 7. The fraction of sp³-hybridized carbons (Fsp3) is 0.444. The number of benzene rings is 1. The van der Waals surface area contributed by atoms with Crippen LogP contribution in [-0.4, -0.2) is 36.6 Å². The molecule has 2 aromatic rings. The summed E-state index contributed by atoms with van der Waals surface area (Å²) in [6.07, 6.45) is 0.186. The van der Waals surface area contributed by atoms with Gasteiger partial charge in [0.25, 0.3) is 0 Å². The Kier molecular flexibility index (Phi) is 3.42. The van der Waals surface area contributed by atoms with Crippen LogP contribution in [0.15, 0.2) is 12.1 Å². The largest absolute Gasteiger partial charge is 0.496 e. The van der Waals surface area contributed by atoms with Crippen molar-refractivity contribution in [3.63, 3.8) is 0 Å². The molecule has 0 N–H and O–H groups in total. The Hall–Kier alpha value is -2.70. The van der Waals surface area contributed by atoms with Gasteiger partial charge >= 0.3 is 5.97 Å². The van der Waals surface area contributed by atoms with Crippen molar-refractivity contribution in [1.29, 1.82) is 0 Å². The third-order valence-corrected chi connectivity index (χ3v) is 4.53. The van der Waals surface area contributed by atoms with E-state index in [0.29, 0.717) is 35.1 Å². The number of esters is 1. The van der Waals surface area contributed by atoms with E-state index in [2.05, 4.69) is 4.98 Å². The van der Waals surface area contributed by atoms with Crippen LogP contribution in [0.25, 0.3) is 10.9 Å². The number of pyridine rings is 1. The zero-order valence-electron chi connectivity index (χ0n) is 14.5. The lowest BCUT2D eigenvalue weighted by Crippen LogP contribution is -2.43. The van der Waals surface area contributed by atoms with Gasteiger partial charge in [0.05, 0.1) is 12.7 Å². The molecule has 25 heavy (non-hydrogen) atoms. The number of methoxy groups -OCH3 is 1. The number of rotatable bonds is 3. The fourth-order valence-electron chi connectivity index (χ4n) is 3.38. The summed E-state index contributed by atoms with van der Waals surface area (Å²) in [6, 6.07) is 3.75. The molecule has 0 aliphatic carbocycles. The van der Waals surface area contributed by atoms with Crippen LogP contribution in [-0.2, 0) is 16.0 Å². The summed E-state index contributed by atoms with van der Waals surface area (Å²) in [5.41, 5.74) is 0.710.